The van der Waals surface area contributed by atoms with Crippen molar-refractivity contribution in [3.63, 3.8) is 0 Å². The highest BCUT2D eigenvalue weighted by atomic mass is 16.3. The SMILES string of the molecule is C=CC(O)c1ccncc1N. The Labute approximate surface area is 65.2 Å². The van der Waals surface area contributed by atoms with Crippen LogP contribution in [-0.2, 0) is 0 Å². The zero-order valence-electron chi connectivity index (χ0n) is 6.07. The van der Waals surface area contributed by atoms with Crippen LogP contribution in [0.3, 0.4) is 0 Å². The maximum absolute atomic E-state index is 9.28. The molecule has 0 saturated heterocycles. The monoisotopic (exact) mass is 150 g/mol. The summed E-state index contributed by atoms with van der Waals surface area (Å²) in [5.41, 5.74) is 6.66. The van der Waals surface area contributed by atoms with Gasteiger partial charge in [0.15, 0.2) is 0 Å². The standard InChI is InChI=1S/C8H10N2O/c1-2-8(11)6-3-4-10-5-7(6)9/h2-5,8,11H,1,9H2. The number of aliphatic hydroxyl groups is 1. The van der Waals surface area contributed by atoms with Gasteiger partial charge < -0.3 is 10.8 Å². The van der Waals surface area contributed by atoms with Gasteiger partial charge in [0.25, 0.3) is 0 Å². The van der Waals surface area contributed by atoms with E-state index < -0.39 is 6.10 Å². The molecule has 0 fully saturated rings. The molecule has 1 rings (SSSR count). The molecule has 0 spiro atoms. The van der Waals surface area contributed by atoms with Crippen LogP contribution >= 0.6 is 0 Å². The molecule has 3 heteroatoms. The number of nitrogens with two attached hydrogens (primary N) is 1. The van der Waals surface area contributed by atoms with Gasteiger partial charge in [-0.05, 0) is 6.07 Å². The van der Waals surface area contributed by atoms with Crippen LogP contribution in [0.4, 0.5) is 5.69 Å². The van der Waals surface area contributed by atoms with E-state index in [1.54, 1.807) is 12.3 Å². The largest absolute Gasteiger partial charge is 0.397 e. The summed E-state index contributed by atoms with van der Waals surface area (Å²) in [5, 5.41) is 9.28. The van der Waals surface area contributed by atoms with E-state index >= 15 is 0 Å². The summed E-state index contributed by atoms with van der Waals surface area (Å²) >= 11 is 0. The van der Waals surface area contributed by atoms with Crippen LogP contribution in [0.15, 0.2) is 31.1 Å². The lowest BCUT2D eigenvalue weighted by atomic mass is 10.1. The van der Waals surface area contributed by atoms with E-state index in [1.165, 1.54) is 12.3 Å². The molecule has 1 atom stereocenters. The summed E-state index contributed by atoms with van der Waals surface area (Å²) in [5.74, 6) is 0. The Morgan fingerprint density at radius 3 is 3.00 bits per heavy atom. The Kier molecular flexibility index (Phi) is 2.23. The van der Waals surface area contributed by atoms with Gasteiger partial charge in [0.05, 0.1) is 18.0 Å². The average Bonchev–Trinajstić information content (AvgIpc) is 2.04. The predicted octanol–water partition coefficient (Wildman–Crippen LogP) is 0.883. The maximum Gasteiger partial charge on any atom is 0.0990 e. The molecule has 1 aromatic rings. The molecule has 0 radical (unpaired) electrons. The molecule has 58 valence electrons. The van der Waals surface area contributed by atoms with Crippen molar-refractivity contribution in [2.45, 2.75) is 6.10 Å². The number of pyridine rings is 1. The number of nitrogens with zero attached hydrogens (tertiary/aromatic N) is 1. The normalized spacial score (nSPS) is 12.5. The van der Waals surface area contributed by atoms with Gasteiger partial charge in [-0.15, -0.1) is 6.58 Å². The molecule has 3 N–H and O–H groups in total. The van der Waals surface area contributed by atoms with Gasteiger partial charge in [-0.3, -0.25) is 4.98 Å². The third-order valence-electron chi connectivity index (χ3n) is 1.43. The molecule has 1 heterocycles. The van der Waals surface area contributed by atoms with Crippen molar-refractivity contribution in [1.29, 1.82) is 0 Å². The van der Waals surface area contributed by atoms with Crippen molar-refractivity contribution >= 4 is 5.69 Å². The van der Waals surface area contributed by atoms with E-state index in [9.17, 15) is 5.11 Å². The second kappa shape index (κ2) is 3.16. The van der Waals surface area contributed by atoms with Crippen molar-refractivity contribution < 1.29 is 5.11 Å². The van der Waals surface area contributed by atoms with Crippen molar-refractivity contribution in [2.75, 3.05) is 5.73 Å². The zero-order valence-corrected chi connectivity index (χ0v) is 6.07. The van der Waals surface area contributed by atoms with E-state index in [0.717, 1.165) is 0 Å². The lowest BCUT2D eigenvalue weighted by molar-refractivity contribution is 0.230. The van der Waals surface area contributed by atoms with Crippen LogP contribution in [0.1, 0.15) is 11.7 Å². The summed E-state index contributed by atoms with van der Waals surface area (Å²) in [7, 11) is 0. The van der Waals surface area contributed by atoms with Gasteiger partial charge in [0.2, 0.25) is 0 Å². The fraction of sp³-hybridized carbons (Fsp3) is 0.125. The first-order chi connectivity index (χ1) is 5.25. The first kappa shape index (κ1) is 7.75. The predicted molar refractivity (Wildman–Crippen MR) is 43.8 cm³/mol. The number of hydrogen-bond acceptors (Lipinski definition) is 3. The van der Waals surface area contributed by atoms with Crippen LogP contribution < -0.4 is 5.73 Å². The molecule has 1 unspecified atom stereocenters. The molecule has 0 aliphatic carbocycles. The van der Waals surface area contributed by atoms with Crippen LogP contribution in [0, 0.1) is 0 Å². The maximum atomic E-state index is 9.28. The third kappa shape index (κ3) is 1.56. The number of hydrogen-bond donors (Lipinski definition) is 2. The minimum atomic E-state index is -0.696. The van der Waals surface area contributed by atoms with E-state index in [4.69, 9.17) is 5.73 Å². The Hall–Kier alpha value is -1.35. The van der Waals surface area contributed by atoms with Crippen LogP contribution in [0.5, 0.6) is 0 Å². The van der Waals surface area contributed by atoms with Crippen LogP contribution in [-0.4, -0.2) is 10.1 Å². The number of aromatic nitrogens is 1. The Morgan fingerprint density at radius 1 is 1.73 bits per heavy atom. The number of anilines is 1. The van der Waals surface area contributed by atoms with E-state index in [-0.39, 0.29) is 0 Å². The second-order valence-corrected chi connectivity index (χ2v) is 2.19. The zero-order chi connectivity index (χ0) is 8.27. The first-order valence-corrected chi connectivity index (χ1v) is 3.25. The fourth-order valence-corrected chi connectivity index (χ4v) is 0.814. The highest BCUT2D eigenvalue weighted by Gasteiger charge is 2.04. The average molecular weight is 150 g/mol. The van der Waals surface area contributed by atoms with E-state index in [2.05, 4.69) is 11.6 Å². The molecular formula is C8H10N2O. The topological polar surface area (TPSA) is 59.1 Å². The minimum absolute atomic E-state index is 0.486. The van der Waals surface area contributed by atoms with Gasteiger partial charge >= 0.3 is 0 Å². The smallest absolute Gasteiger partial charge is 0.0990 e. The second-order valence-electron chi connectivity index (χ2n) is 2.19. The summed E-state index contributed by atoms with van der Waals surface area (Å²) in [6.07, 6.45) is 3.81. The number of nitrogen functional groups attached to an aromatic ring is 1. The molecular weight excluding hydrogens is 140 g/mol. The summed E-state index contributed by atoms with van der Waals surface area (Å²) in [6.45, 7) is 3.45. The number of aliphatic hydroxyl groups excluding tert-OH is 1. The van der Waals surface area contributed by atoms with Crippen LogP contribution in [0.2, 0.25) is 0 Å². The summed E-state index contributed by atoms with van der Waals surface area (Å²) < 4.78 is 0. The molecule has 0 bridgehead atoms. The first-order valence-electron chi connectivity index (χ1n) is 3.25. The van der Waals surface area contributed by atoms with E-state index in [0.29, 0.717) is 11.3 Å². The van der Waals surface area contributed by atoms with Gasteiger partial charge in [0, 0.05) is 11.8 Å². The molecule has 3 nitrogen and oxygen atoms in total. The molecule has 0 saturated carbocycles. The summed E-state index contributed by atoms with van der Waals surface area (Å²) in [4.78, 5) is 3.79. The quantitative estimate of drug-likeness (QED) is 0.615. The van der Waals surface area contributed by atoms with Gasteiger partial charge in [-0.25, -0.2) is 0 Å². The molecule has 0 aliphatic rings. The lowest BCUT2D eigenvalue weighted by Gasteiger charge is -2.06. The lowest BCUT2D eigenvalue weighted by Crippen LogP contribution is -1.99. The molecule has 0 aliphatic heterocycles. The molecule has 0 aromatic carbocycles. The van der Waals surface area contributed by atoms with Crippen molar-refractivity contribution in [3.05, 3.63) is 36.7 Å². The van der Waals surface area contributed by atoms with Crippen molar-refractivity contribution in [2.24, 2.45) is 0 Å². The van der Waals surface area contributed by atoms with Gasteiger partial charge in [-0.1, -0.05) is 6.08 Å². The fourth-order valence-electron chi connectivity index (χ4n) is 0.814. The van der Waals surface area contributed by atoms with Crippen molar-refractivity contribution in [3.8, 4) is 0 Å². The van der Waals surface area contributed by atoms with E-state index in [1.807, 2.05) is 0 Å². The van der Waals surface area contributed by atoms with Crippen LogP contribution in [0.25, 0.3) is 0 Å². The highest BCUT2D eigenvalue weighted by Crippen LogP contribution is 2.18. The molecule has 0 amide bonds. The van der Waals surface area contributed by atoms with Crippen molar-refractivity contribution in [1.82, 2.24) is 4.98 Å². The Bertz CT molecular complexity index is 260. The molecule has 11 heavy (non-hydrogen) atoms. The highest BCUT2D eigenvalue weighted by molar-refractivity contribution is 5.46. The third-order valence-corrected chi connectivity index (χ3v) is 1.43. The number of rotatable bonds is 2. The van der Waals surface area contributed by atoms with Gasteiger partial charge in [-0.2, -0.15) is 0 Å². The minimum Gasteiger partial charge on any atom is -0.397 e. The summed E-state index contributed by atoms with van der Waals surface area (Å²) in [6, 6.07) is 1.67. The Morgan fingerprint density at radius 2 is 2.45 bits per heavy atom. The Balaban J connectivity index is 3.02. The molecule has 1 aromatic heterocycles. The van der Waals surface area contributed by atoms with Gasteiger partial charge in [0.1, 0.15) is 0 Å².